The third-order valence-electron chi connectivity index (χ3n) is 1.69. The predicted molar refractivity (Wildman–Crippen MR) is 49.8 cm³/mol. The minimum atomic E-state index is 0.611. The van der Waals surface area contributed by atoms with E-state index < -0.39 is 0 Å². The molecule has 0 saturated heterocycles. The van der Waals surface area contributed by atoms with E-state index in [0.29, 0.717) is 12.2 Å². The second-order valence-corrected chi connectivity index (χ2v) is 2.65. The van der Waals surface area contributed by atoms with E-state index in [4.69, 9.17) is 4.74 Å². The maximum Gasteiger partial charge on any atom is 0.151 e. The smallest absolute Gasteiger partial charge is 0.151 e. The van der Waals surface area contributed by atoms with Gasteiger partial charge in [-0.1, -0.05) is 0 Å². The van der Waals surface area contributed by atoms with Crippen molar-refractivity contribution in [2.75, 3.05) is 13.2 Å². The molecule has 3 heteroatoms. The molecule has 0 fully saturated rings. The molecule has 13 heavy (non-hydrogen) atoms. The first-order valence-electron chi connectivity index (χ1n) is 4.34. The second kappa shape index (κ2) is 5.43. The molecule has 0 amide bonds. The van der Waals surface area contributed by atoms with E-state index in [-0.39, 0.29) is 0 Å². The summed E-state index contributed by atoms with van der Waals surface area (Å²) in [5.74, 6) is 0. The van der Waals surface area contributed by atoms with Crippen molar-refractivity contribution >= 4 is 6.29 Å². The summed E-state index contributed by atoms with van der Waals surface area (Å²) in [5.41, 5.74) is 1.57. The number of ether oxygens (including phenoxy) is 1. The van der Waals surface area contributed by atoms with Crippen LogP contribution in [0.4, 0.5) is 0 Å². The van der Waals surface area contributed by atoms with Gasteiger partial charge in [0.2, 0.25) is 0 Å². The number of aromatic nitrogens is 1. The van der Waals surface area contributed by atoms with Gasteiger partial charge in [-0.3, -0.25) is 9.78 Å². The Morgan fingerprint density at radius 2 is 2.38 bits per heavy atom. The molecule has 0 atom stereocenters. The number of pyridine rings is 1. The monoisotopic (exact) mass is 179 g/mol. The lowest BCUT2D eigenvalue weighted by Crippen LogP contribution is -1.99. The zero-order chi connectivity index (χ0) is 9.52. The fourth-order valence-corrected chi connectivity index (χ4v) is 0.975. The van der Waals surface area contributed by atoms with E-state index in [9.17, 15) is 4.79 Å². The van der Waals surface area contributed by atoms with Crippen LogP contribution in [0, 0.1) is 0 Å². The van der Waals surface area contributed by atoms with Gasteiger partial charge in [0.15, 0.2) is 6.29 Å². The van der Waals surface area contributed by atoms with Gasteiger partial charge >= 0.3 is 0 Å². The molecule has 3 nitrogen and oxygen atoms in total. The minimum Gasteiger partial charge on any atom is -0.381 e. The van der Waals surface area contributed by atoms with E-state index in [1.54, 1.807) is 12.3 Å². The van der Waals surface area contributed by atoms with Crippen LogP contribution in [0.15, 0.2) is 18.3 Å². The topological polar surface area (TPSA) is 39.2 Å². The van der Waals surface area contributed by atoms with Crippen LogP contribution in [0.25, 0.3) is 0 Å². The van der Waals surface area contributed by atoms with Gasteiger partial charge in [-0.2, -0.15) is 0 Å². The minimum absolute atomic E-state index is 0.611. The quantitative estimate of drug-likeness (QED) is 0.507. The molecule has 1 aromatic heterocycles. The average Bonchev–Trinajstić information content (AvgIpc) is 2.19. The molecule has 0 aliphatic heterocycles. The molecule has 1 rings (SSSR count). The second-order valence-electron chi connectivity index (χ2n) is 2.65. The van der Waals surface area contributed by atoms with Crippen LogP contribution in [0.1, 0.15) is 23.0 Å². The molecule has 1 aromatic rings. The summed E-state index contributed by atoms with van der Waals surface area (Å²) in [6.07, 6.45) is 3.17. The van der Waals surface area contributed by atoms with Gasteiger partial charge in [0.05, 0.1) is 6.61 Å². The van der Waals surface area contributed by atoms with Gasteiger partial charge in [-0.05, 0) is 19.1 Å². The highest BCUT2D eigenvalue weighted by Crippen LogP contribution is 1.98. The molecule has 70 valence electrons. The van der Waals surface area contributed by atoms with Crippen LogP contribution in [0.2, 0.25) is 0 Å². The fraction of sp³-hybridized carbons (Fsp3) is 0.400. The molecule has 1 heterocycles. The molecule has 0 N–H and O–H groups in total. The Labute approximate surface area is 77.8 Å². The molecule has 0 unspecified atom stereocenters. The Hall–Kier alpha value is -1.22. The number of hydrogen-bond acceptors (Lipinski definition) is 3. The van der Waals surface area contributed by atoms with Gasteiger partial charge in [0.1, 0.15) is 0 Å². The van der Waals surface area contributed by atoms with Crippen molar-refractivity contribution in [1.29, 1.82) is 0 Å². The average molecular weight is 179 g/mol. The van der Waals surface area contributed by atoms with Crippen LogP contribution >= 0.6 is 0 Å². The van der Waals surface area contributed by atoms with Crippen LogP contribution in [0.5, 0.6) is 0 Å². The van der Waals surface area contributed by atoms with Gasteiger partial charge < -0.3 is 4.74 Å². The standard InChI is InChI=1S/C10H13NO2/c1-2-13-6-5-10-4-3-9(8-12)7-11-10/h3-4,7-8H,2,5-6H2,1H3. The van der Waals surface area contributed by atoms with Crippen molar-refractivity contribution in [1.82, 2.24) is 4.98 Å². The Balaban J connectivity index is 2.44. The van der Waals surface area contributed by atoms with Crippen LogP contribution in [0.3, 0.4) is 0 Å². The first-order valence-corrected chi connectivity index (χ1v) is 4.34. The van der Waals surface area contributed by atoms with Gasteiger partial charge in [0, 0.05) is 30.5 Å². The Morgan fingerprint density at radius 1 is 1.54 bits per heavy atom. The Morgan fingerprint density at radius 3 is 2.92 bits per heavy atom. The lowest BCUT2D eigenvalue weighted by Gasteiger charge is -2.00. The number of carbonyl (C=O) groups excluding carboxylic acids is 1. The summed E-state index contributed by atoms with van der Waals surface area (Å²) in [7, 11) is 0. The molecular formula is C10H13NO2. The molecule has 0 bridgehead atoms. The lowest BCUT2D eigenvalue weighted by atomic mass is 10.2. The zero-order valence-electron chi connectivity index (χ0n) is 7.69. The van der Waals surface area contributed by atoms with Crippen molar-refractivity contribution in [3.05, 3.63) is 29.6 Å². The normalized spacial score (nSPS) is 9.92. The van der Waals surface area contributed by atoms with Gasteiger partial charge in [-0.25, -0.2) is 0 Å². The number of rotatable bonds is 5. The van der Waals surface area contributed by atoms with Crippen molar-refractivity contribution in [2.24, 2.45) is 0 Å². The summed E-state index contributed by atoms with van der Waals surface area (Å²) >= 11 is 0. The molecule has 0 radical (unpaired) electrons. The number of carbonyl (C=O) groups is 1. The molecule has 0 saturated carbocycles. The Kier molecular flexibility index (Phi) is 4.12. The third-order valence-corrected chi connectivity index (χ3v) is 1.69. The summed E-state index contributed by atoms with van der Waals surface area (Å²) in [5, 5.41) is 0. The van der Waals surface area contributed by atoms with E-state index in [2.05, 4.69) is 4.98 Å². The molecule has 0 aromatic carbocycles. The van der Waals surface area contributed by atoms with E-state index >= 15 is 0 Å². The van der Waals surface area contributed by atoms with E-state index in [0.717, 1.165) is 25.0 Å². The first-order chi connectivity index (χ1) is 6.36. The summed E-state index contributed by atoms with van der Waals surface area (Å²) in [6.45, 7) is 3.37. The fourth-order valence-electron chi connectivity index (χ4n) is 0.975. The summed E-state index contributed by atoms with van der Waals surface area (Å²) in [6, 6.07) is 3.62. The maximum absolute atomic E-state index is 10.3. The molecule has 0 aliphatic carbocycles. The molecule has 0 spiro atoms. The predicted octanol–water partition coefficient (Wildman–Crippen LogP) is 1.47. The number of aldehydes is 1. The van der Waals surface area contributed by atoms with Crippen LogP contribution in [-0.4, -0.2) is 24.5 Å². The SMILES string of the molecule is CCOCCc1ccc(C=O)cn1. The largest absolute Gasteiger partial charge is 0.381 e. The highest BCUT2D eigenvalue weighted by atomic mass is 16.5. The highest BCUT2D eigenvalue weighted by molar-refractivity contribution is 5.73. The summed E-state index contributed by atoms with van der Waals surface area (Å²) in [4.78, 5) is 14.4. The number of hydrogen-bond donors (Lipinski definition) is 0. The molecular weight excluding hydrogens is 166 g/mol. The van der Waals surface area contributed by atoms with E-state index in [1.165, 1.54) is 0 Å². The highest BCUT2D eigenvalue weighted by Gasteiger charge is 1.94. The van der Waals surface area contributed by atoms with Crippen molar-refractivity contribution < 1.29 is 9.53 Å². The first kappa shape index (κ1) is 9.86. The lowest BCUT2D eigenvalue weighted by molar-refractivity contribution is 0.112. The Bertz CT molecular complexity index is 256. The van der Waals surface area contributed by atoms with Crippen molar-refractivity contribution in [2.45, 2.75) is 13.3 Å². The van der Waals surface area contributed by atoms with Crippen molar-refractivity contribution in [3.63, 3.8) is 0 Å². The van der Waals surface area contributed by atoms with Gasteiger partial charge in [-0.15, -0.1) is 0 Å². The van der Waals surface area contributed by atoms with E-state index in [1.807, 2.05) is 13.0 Å². The zero-order valence-corrected chi connectivity index (χ0v) is 7.69. The summed E-state index contributed by atoms with van der Waals surface area (Å²) < 4.78 is 5.18. The van der Waals surface area contributed by atoms with Crippen LogP contribution in [-0.2, 0) is 11.2 Å². The van der Waals surface area contributed by atoms with Crippen molar-refractivity contribution in [3.8, 4) is 0 Å². The molecule has 0 aliphatic rings. The van der Waals surface area contributed by atoms with Gasteiger partial charge in [0.25, 0.3) is 0 Å². The maximum atomic E-state index is 10.3. The number of nitrogens with zero attached hydrogens (tertiary/aromatic N) is 1. The van der Waals surface area contributed by atoms with Crippen LogP contribution < -0.4 is 0 Å². The third kappa shape index (κ3) is 3.34.